The van der Waals surface area contributed by atoms with Gasteiger partial charge in [-0.15, -0.1) is 0 Å². The van der Waals surface area contributed by atoms with Gasteiger partial charge < -0.3 is 10.6 Å². The number of primary amides is 1. The number of nitrogens with zero attached hydrogens (tertiary/aromatic N) is 3. The molecule has 7 heteroatoms. The first kappa shape index (κ1) is 15.2. The van der Waals surface area contributed by atoms with E-state index >= 15 is 0 Å². The Balaban J connectivity index is 2.09. The molecule has 0 saturated carbocycles. The molecule has 0 radical (unpaired) electrons. The molecule has 1 fully saturated rings. The number of nitro groups is 1. The maximum Gasteiger partial charge on any atom is 0.270 e. The van der Waals surface area contributed by atoms with Gasteiger partial charge in [0.05, 0.1) is 16.4 Å². The summed E-state index contributed by atoms with van der Waals surface area (Å²) in [5.74, 6) is -0.485. The number of pyridine rings is 1. The molecule has 23 heavy (non-hydrogen) atoms. The summed E-state index contributed by atoms with van der Waals surface area (Å²) in [5, 5.41) is 11.8. The van der Waals surface area contributed by atoms with Crippen molar-refractivity contribution in [1.82, 2.24) is 4.98 Å². The van der Waals surface area contributed by atoms with Gasteiger partial charge in [-0.25, -0.2) is 0 Å². The van der Waals surface area contributed by atoms with E-state index < -0.39 is 4.92 Å². The summed E-state index contributed by atoms with van der Waals surface area (Å²) in [7, 11) is 0. The van der Waals surface area contributed by atoms with Crippen LogP contribution >= 0.6 is 0 Å². The molecule has 7 nitrogen and oxygen atoms in total. The lowest BCUT2D eigenvalue weighted by Crippen LogP contribution is -2.41. The van der Waals surface area contributed by atoms with Crippen LogP contribution < -0.4 is 10.6 Å². The van der Waals surface area contributed by atoms with Crippen LogP contribution in [0.25, 0.3) is 10.9 Å². The van der Waals surface area contributed by atoms with Gasteiger partial charge in [-0.05, 0) is 31.9 Å². The number of hydrogen-bond donors (Lipinski definition) is 1. The fraction of sp³-hybridized carbons (Fsp3) is 0.375. The van der Waals surface area contributed by atoms with E-state index in [4.69, 9.17) is 5.73 Å². The molecule has 1 amide bonds. The topological polar surface area (TPSA) is 102 Å². The van der Waals surface area contributed by atoms with Crippen LogP contribution in [0.5, 0.6) is 0 Å². The molecule has 1 aromatic carbocycles. The zero-order chi connectivity index (χ0) is 16.6. The predicted molar refractivity (Wildman–Crippen MR) is 87.3 cm³/mol. The van der Waals surface area contributed by atoms with Crippen molar-refractivity contribution in [3.05, 3.63) is 40.1 Å². The average Bonchev–Trinajstić information content (AvgIpc) is 2.53. The molecule has 2 aromatic rings. The minimum atomic E-state index is -0.411. The Morgan fingerprint density at radius 2 is 2.22 bits per heavy atom. The molecule has 0 bridgehead atoms. The Bertz CT molecular complexity index is 790. The summed E-state index contributed by atoms with van der Waals surface area (Å²) in [4.78, 5) is 28.7. The molecule has 2 N–H and O–H groups in total. The number of piperidine rings is 1. The Kier molecular flexibility index (Phi) is 3.85. The number of nitro benzene ring substituents is 1. The van der Waals surface area contributed by atoms with E-state index in [1.807, 2.05) is 13.0 Å². The minimum absolute atomic E-state index is 0.0351. The van der Waals surface area contributed by atoms with Crippen molar-refractivity contribution >= 4 is 28.2 Å². The van der Waals surface area contributed by atoms with Crippen molar-refractivity contribution in [2.75, 3.05) is 18.0 Å². The Labute approximate surface area is 133 Å². The van der Waals surface area contributed by atoms with Gasteiger partial charge in [0.25, 0.3) is 5.69 Å². The monoisotopic (exact) mass is 314 g/mol. The first-order chi connectivity index (χ1) is 11.0. The summed E-state index contributed by atoms with van der Waals surface area (Å²) in [5.41, 5.74) is 7.91. The van der Waals surface area contributed by atoms with Crippen molar-refractivity contribution < 1.29 is 9.72 Å². The molecule has 1 aliphatic heterocycles. The van der Waals surface area contributed by atoms with E-state index in [1.54, 1.807) is 12.1 Å². The Morgan fingerprint density at radius 3 is 2.91 bits per heavy atom. The lowest BCUT2D eigenvalue weighted by molar-refractivity contribution is -0.384. The number of hydrogen-bond acceptors (Lipinski definition) is 5. The van der Waals surface area contributed by atoms with Gasteiger partial charge in [0.1, 0.15) is 0 Å². The van der Waals surface area contributed by atoms with Crippen LogP contribution in [0.15, 0.2) is 24.3 Å². The molecule has 0 spiro atoms. The first-order valence-electron chi connectivity index (χ1n) is 7.56. The summed E-state index contributed by atoms with van der Waals surface area (Å²) < 4.78 is 0. The second-order valence-corrected chi connectivity index (χ2v) is 5.93. The molecule has 1 saturated heterocycles. The maximum absolute atomic E-state index is 11.5. The van der Waals surface area contributed by atoms with Gasteiger partial charge in [0, 0.05) is 42.0 Å². The highest BCUT2D eigenvalue weighted by Gasteiger charge is 2.25. The van der Waals surface area contributed by atoms with Gasteiger partial charge in [0.15, 0.2) is 0 Å². The minimum Gasteiger partial charge on any atom is -0.370 e. The van der Waals surface area contributed by atoms with Crippen molar-refractivity contribution in [3.8, 4) is 0 Å². The number of carbonyl (C=O) groups is 1. The SMILES string of the molecule is Cc1cc(N2CCCC(C(N)=O)C2)c2cc([N+](=O)[O-])ccc2n1. The molecule has 0 aliphatic carbocycles. The number of aromatic nitrogens is 1. The fourth-order valence-electron chi connectivity index (χ4n) is 3.13. The van der Waals surface area contributed by atoms with E-state index in [0.717, 1.165) is 36.2 Å². The van der Waals surface area contributed by atoms with Crippen molar-refractivity contribution in [2.45, 2.75) is 19.8 Å². The van der Waals surface area contributed by atoms with E-state index in [1.165, 1.54) is 6.07 Å². The molecule has 1 aliphatic rings. The highest BCUT2D eigenvalue weighted by Crippen LogP contribution is 2.32. The highest BCUT2D eigenvalue weighted by atomic mass is 16.6. The second kappa shape index (κ2) is 5.83. The van der Waals surface area contributed by atoms with Gasteiger partial charge >= 0.3 is 0 Å². The number of fused-ring (bicyclic) bond motifs is 1. The molecule has 1 unspecified atom stereocenters. The number of anilines is 1. The lowest BCUT2D eigenvalue weighted by atomic mass is 9.96. The summed E-state index contributed by atoms with van der Waals surface area (Å²) >= 11 is 0. The van der Waals surface area contributed by atoms with Crippen molar-refractivity contribution in [1.29, 1.82) is 0 Å². The third-order valence-electron chi connectivity index (χ3n) is 4.27. The molecular formula is C16H18N4O3. The van der Waals surface area contributed by atoms with Crippen LogP contribution in [0.4, 0.5) is 11.4 Å². The van der Waals surface area contributed by atoms with Crippen LogP contribution in [0.2, 0.25) is 0 Å². The van der Waals surface area contributed by atoms with E-state index in [9.17, 15) is 14.9 Å². The van der Waals surface area contributed by atoms with Gasteiger partial charge in [-0.1, -0.05) is 0 Å². The van der Waals surface area contributed by atoms with Gasteiger partial charge in [-0.2, -0.15) is 0 Å². The molecule has 1 atom stereocenters. The maximum atomic E-state index is 11.5. The summed E-state index contributed by atoms with van der Waals surface area (Å²) in [6.45, 7) is 3.22. The second-order valence-electron chi connectivity index (χ2n) is 5.93. The number of amides is 1. The Morgan fingerprint density at radius 1 is 1.43 bits per heavy atom. The first-order valence-corrected chi connectivity index (χ1v) is 7.56. The van der Waals surface area contributed by atoms with Crippen LogP contribution in [-0.2, 0) is 4.79 Å². The third-order valence-corrected chi connectivity index (χ3v) is 4.27. The zero-order valence-corrected chi connectivity index (χ0v) is 12.9. The van der Waals surface area contributed by atoms with E-state index in [0.29, 0.717) is 12.1 Å². The quantitative estimate of drug-likeness (QED) is 0.690. The van der Waals surface area contributed by atoms with Crippen molar-refractivity contribution in [2.24, 2.45) is 11.7 Å². The number of rotatable bonds is 3. The third kappa shape index (κ3) is 2.94. The smallest absolute Gasteiger partial charge is 0.270 e. The molecule has 2 heterocycles. The predicted octanol–water partition coefficient (Wildman–Crippen LogP) is 2.15. The molecule has 3 rings (SSSR count). The molecular weight excluding hydrogens is 296 g/mol. The van der Waals surface area contributed by atoms with Crippen LogP contribution in [-0.4, -0.2) is 28.9 Å². The zero-order valence-electron chi connectivity index (χ0n) is 12.9. The molecule has 120 valence electrons. The number of aryl methyl sites for hydroxylation is 1. The van der Waals surface area contributed by atoms with E-state index in [-0.39, 0.29) is 17.5 Å². The van der Waals surface area contributed by atoms with Crippen LogP contribution in [0, 0.1) is 23.0 Å². The van der Waals surface area contributed by atoms with Gasteiger partial charge in [0.2, 0.25) is 5.91 Å². The number of benzene rings is 1. The summed E-state index contributed by atoms with van der Waals surface area (Å²) in [6.07, 6.45) is 1.65. The number of carbonyl (C=O) groups excluding carboxylic acids is 1. The number of nitrogens with two attached hydrogens (primary N) is 1. The standard InChI is InChI=1S/C16H18N4O3/c1-10-7-15(19-6-2-3-11(9-19)16(17)21)13-8-12(20(22)23)4-5-14(13)18-10/h4-5,7-8,11H,2-3,6,9H2,1H3,(H2,17,21). The van der Waals surface area contributed by atoms with Gasteiger partial charge in [-0.3, -0.25) is 19.9 Å². The van der Waals surface area contributed by atoms with E-state index in [2.05, 4.69) is 9.88 Å². The highest BCUT2D eigenvalue weighted by molar-refractivity contribution is 5.94. The van der Waals surface area contributed by atoms with Crippen molar-refractivity contribution in [3.63, 3.8) is 0 Å². The van der Waals surface area contributed by atoms with Crippen LogP contribution in [0.1, 0.15) is 18.5 Å². The normalized spacial score (nSPS) is 18.1. The fourth-order valence-corrected chi connectivity index (χ4v) is 3.13. The molecule has 1 aromatic heterocycles. The summed E-state index contributed by atoms with van der Waals surface area (Å²) in [6, 6.07) is 6.58. The number of non-ortho nitro benzene ring substituents is 1. The average molecular weight is 314 g/mol. The lowest BCUT2D eigenvalue weighted by Gasteiger charge is -2.33. The Hall–Kier alpha value is -2.70. The largest absolute Gasteiger partial charge is 0.370 e. The van der Waals surface area contributed by atoms with Crippen LogP contribution in [0.3, 0.4) is 0 Å².